The molecule has 7 nitrogen and oxygen atoms in total. The lowest BCUT2D eigenvalue weighted by molar-refractivity contribution is -0.192. The molecule has 0 N–H and O–H groups in total. The number of ether oxygens (including phenoxy) is 3. The molecule has 0 radical (unpaired) electrons. The van der Waals surface area contributed by atoms with Gasteiger partial charge < -0.3 is 18.6 Å². The molecule has 3 rings (SSSR count). The van der Waals surface area contributed by atoms with Crippen LogP contribution in [0.1, 0.15) is 52.7 Å². The number of hydrogen-bond acceptors (Lipinski definition) is 7. The number of esters is 2. The summed E-state index contributed by atoms with van der Waals surface area (Å²) in [6.45, 7) is 8.44. The lowest BCUT2D eigenvalue weighted by Gasteiger charge is -2.43. The van der Waals surface area contributed by atoms with Crippen molar-refractivity contribution in [2.75, 3.05) is 0 Å². The maximum absolute atomic E-state index is 12.5. The van der Waals surface area contributed by atoms with Crippen LogP contribution in [-0.2, 0) is 19.1 Å². The summed E-state index contributed by atoms with van der Waals surface area (Å²) < 4.78 is 22.8. The molecule has 0 bridgehead atoms. The van der Waals surface area contributed by atoms with Crippen molar-refractivity contribution >= 4 is 22.9 Å². The van der Waals surface area contributed by atoms with Gasteiger partial charge in [-0.2, -0.15) is 0 Å². The molecule has 0 saturated carbocycles. The molecule has 1 aromatic heterocycles. The molecule has 7 heteroatoms. The lowest BCUT2D eigenvalue weighted by Crippen LogP contribution is -2.52. The summed E-state index contributed by atoms with van der Waals surface area (Å²) in [5.41, 5.74) is -0.887. The molecule has 2 heterocycles. The summed E-state index contributed by atoms with van der Waals surface area (Å²) >= 11 is 0. The van der Waals surface area contributed by atoms with Crippen molar-refractivity contribution < 1.29 is 28.2 Å². The van der Waals surface area contributed by atoms with Gasteiger partial charge in [0.25, 0.3) is 0 Å². The lowest BCUT2D eigenvalue weighted by atomic mass is 9.87. The maximum atomic E-state index is 12.5. The Hall–Kier alpha value is -2.83. The van der Waals surface area contributed by atoms with Crippen LogP contribution in [0.5, 0.6) is 5.75 Å². The largest absolute Gasteiger partial charge is 0.483 e. The number of rotatable bonds is 4. The first-order chi connectivity index (χ1) is 13.1. The molecule has 2 aromatic rings. The smallest absolute Gasteiger partial charge is 0.336 e. The number of benzene rings is 1. The maximum Gasteiger partial charge on any atom is 0.336 e. The van der Waals surface area contributed by atoms with Crippen molar-refractivity contribution in [2.24, 2.45) is 5.92 Å². The Labute approximate surface area is 162 Å². The van der Waals surface area contributed by atoms with Crippen molar-refractivity contribution in [3.63, 3.8) is 0 Å². The highest BCUT2D eigenvalue weighted by molar-refractivity contribution is 5.83. The monoisotopic (exact) mass is 388 g/mol. The molecule has 0 saturated heterocycles. The van der Waals surface area contributed by atoms with Crippen molar-refractivity contribution in [1.29, 1.82) is 0 Å². The topological polar surface area (TPSA) is 92.0 Å². The average molecular weight is 388 g/mol. The number of fused-ring (bicyclic) bond motifs is 3. The van der Waals surface area contributed by atoms with E-state index in [1.165, 1.54) is 13.0 Å². The molecule has 1 aliphatic rings. The fourth-order valence-electron chi connectivity index (χ4n) is 3.26. The molecule has 0 unspecified atom stereocenters. The van der Waals surface area contributed by atoms with Crippen molar-refractivity contribution in [2.45, 2.75) is 58.8 Å². The second kappa shape index (κ2) is 7.30. The third kappa shape index (κ3) is 3.61. The van der Waals surface area contributed by atoms with Crippen LogP contribution in [0.3, 0.4) is 0 Å². The van der Waals surface area contributed by atoms with Gasteiger partial charge >= 0.3 is 17.6 Å². The van der Waals surface area contributed by atoms with E-state index >= 15 is 0 Å². The van der Waals surface area contributed by atoms with Gasteiger partial charge in [0.2, 0.25) is 0 Å². The normalized spacial score (nSPS) is 21.3. The van der Waals surface area contributed by atoms with Gasteiger partial charge in [0.15, 0.2) is 12.2 Å². The molecule has 3 atom stereocenters. The average Bonchev–Trinajstić information content (AvgIpc) is 2.62. The number of carbonyl (C=O) groups is 2. The van der Waals surface area contributed by atoms with Crippen molar-refractivity contribution in [1.82, 2.24) is 0 Å². The third-order valence-electron chi connectivity index (χ3n) is 4.96. The highest BCUT2D eigenvalue weighted by Gasteiger charge is 2.50. The summed E-state index contributed by atoms with van der Waals surface area (Å²) in [7, 11) is 0. The van der Waals surface area contributed by atoms with Crippen LogP contribution in [-0.4, -0.2) is 23.6 Å². The molecule has 0 fully saturated rings. The summed E-state index contributed by atoms with van der Waals surface area (Å²) in [5, 5.41) is 0.644. The Balaban J connectivity index is 2.19. The van der Waals surface area contributed by atoms with E-state index in [4.69, 9.17) is 18.6 Å². The van der Waals surface area contributed by atoms with E-state index in [1.807, 2.05) is 6.92 Å². The molecule has 150 valence electrons. The van der Waals surface area contributed by atoms with Gasteiger partial charge in [-0.1, -0.05) is 13.8 Å². The third-order valence-corrected chi connectivity index (χ3v) is 4.96. The highest BCUT2D eigenvalue weighted by atomic mass is 16.6. The Kier molecular flexibility index (Phi) is 5.19. The Morgan fingerprint density at radius 2 is 1.86 bits per heavy atom. The SMILES string of the molecule is CC[C@H](C)C(=O)O[C@@H]1[C@@H](OC(C)=O)c2c(ccc3ccc(=O)oc23)OC1(C)C. The Bertz CT molecular complexity index is 972. The van der Waals surface area contributed by atoms with Gasteiger partial charge in [-0.25, -0.2) is 4.79 Å². The van der Waals surface area contributed by atoms with Gasteiger partial charge in [0.1, 0.15) is 16.9 Å². The molecule has 1 aliphatic heterocycles. The quantitative estimate of drug-likeness (QED) is 0.584. The molecule has 0 spiro atoms. The summed E-state index contributed by atoms with van der Waals surface area (Å²) in [4.78, 5) is 36.2. The zero-order chi connectivity index (χ0) is 20.6. The van der Waals surface area contributed by atoms with E-state index in [1.54, 1.807) is 39.0 Å². The minimum absolute atomic E-state index is 0.247. The molecular weight excluding hydrogens is 364 g/mol. The second-order valence-electron chi connectivity index (χ2n) is 7.55. The first kappa shape index (κ1) is 19.9. The standard InChI is InChI=1S/C21H24O7/c1-6-11(2)20(24)27-19-18(25-12(3)22)16-14(28-21(19,4)5)9-7-13-8-10-15(23)26-17(13)16/h7-11,18-19H,6H2,1-5H3/t11-,18-,19+/m0/s1. The van der Waals surface area contributed by atoms with E-state index in [0.717, 1.165) is 0 Å². The van der Waals surface area contributed by atoms with E-state index in [0.29, 0.717) is 23.1 Å². The van der Waals surface area contributed by atoms with E-state index < -0.39 is 35.4 Å². The van der Waals surface area contributed by atoms with Crippen molar-refractivity contribution in [3.8, 4) is 5.75 Å². The predicted molar refractivity (Wildman–Crippen MR) is 101 cm³/mol. The van der Waals surface area contributed by atoms with Crippen molar-refractivity contribution in [3.05, 3.63) is 40.2 Å². The van der Waals surface area contributed by atoms with Gasteiger partial charge in [-0.3, -0.25) is 9.59 Å². The summed E-state index contributed by atoms with van der Waals surface area (Å²) in [6, 6.07) is 6.40. The summed E-state index contributed by atoms with van der Waals surface area (Å²) in [5.74, 6) is -0.866. The molecule has 28 heavy (non-hydrogen) atoms. The second-order valence-corrected chi connectivity index (χ2v) is 7.55. The first-order valence-electron chi connectivity index (χ1n) is 9.27. The van der Waals surface area contributed by atoms with Crippen LogP contribution in [0.4, 0.5) is 0 Å². The fraction of sp³-hybridized carbons (Fsp3) is 0.476. The summed E-state index contributed by atoms with van der Waals surface area (Å²) in [6.07, 6.45) is -1.28. The van der Waals surface area contributed by atoms with Crippen LogP contribution in [0.2, 0.25) is 0 Å². The number of hydrogen-bond donors (Lipinski definition) is 0. The van der Waals surface area contributed by atoms with Gasteiger partial charge in [-0.05, 0) is 38.5 Å². The van der Waals surface area contributed by atoms with Gasteiger partial charge in [0, 0.05) is 18.4 Å². The highest BCUT2D eigenvalue weighted by Crippen LogP contribution is 2.46. The van der Waals surface area contributed by atoms with E-state index in [2.05, 4.69) is 0 Å². The van der Waals surface area contributed by atoms with E-state index in [-0.39, 0.29) is 11.5 Å². The molecule has 1 aromatic carbocycles. The zero-order valence-corrected chi connectivity index (χ0v) is 16.6. The molecule has 0 amide bonds. The minimum atomic E-state index is -0.974. The fourth-order valence-corrected chi connectivity index (χ4v) is 3.26. The van der Waals surface area contributed by atoms with Crippen LogP contribution in [0.25, 0.3) is 11.0 Å². The van der Waals surface area contributed by atoms with Gasteiger partial charge in [0.05, 0.1) is 11.5 Å². The van der Waals surface area contributed by atoms with Crippen LogP contribution >= 0.6 is 0 Å². The van der Waals surface area contributed by atoms with Crippen LogP contribution in [0, 0.1) is 5.92 Å². The molecule has 0 aliphatic carbocycles. The van der Waals surface area contributed by atoms with Crippen LogP contribution < -0.4 is 10.4 Å². The number of carbonyl (C=O) groups excluding carboxylic acids is 2. The first-order valence-corrected chi connectivity index (χ1v) is 9.27. The van der Waals surface area contributed by atoms with Crippen LogP contribution in [0.15, 0.2) is 33.5 Å². The zero-order valence-electron chi connectivity index (χ0n) is 16.6. The van der Waals surface area contributed by atoms with Gasteiger partial charge in [-0.15, -0.1) is 0 Å². The van der Waals surface area contributed by atoms with E-state index in [9.17, 15) is 14.4 Å². The molecular formula is C21H24O7. The Morgan fingerprint density at radius 3 is 2.50 bits per heavy atom. The predicted octanol–water partition coefficient (Wildman–Crippen LogP) is 3.53. The Morgan fingerprint density at radius 1 is 1.18 bits per heavy atom. The minimum Gasteiger partial charge on any atom is -0.483 e.